The Hall–Kier alpha value is -1.69. The second-order valence-electron chi connectivity index (χ2n) is 7.30. The Morgan fingerprint density at radius 3 is 1.69 bits per heavy atom. The number of hydrogen-bond donors (Lipinski definition) is 1. The van der Waals surface area contributed by atoms with Gasteiger partial charge in [0.15, 0.2) is 0 Å². The van der Waals surface area contributed by atoms with E-state index in [1.54, 1.807) is 0 Å². The molecular weight excluding hydrogens is 346 g/mol. The van der Waals surface area contributed by atoms with Crippen LogP contribution in [0.1, 0.15) is 36.8 Å². The van der Waals surface area contributed by atoms with Gasteiger partial charge in [0, 0.05) is 19.1 Å². The molecule has 0 bridgehead atoms. The topological polar surface area (TPSA) is 57.6 Å². The first-order valence-electron chi connectivity index (χ1n) is 9.26. The average Bonchev–Trinajstić information content (AvgIpc) is 2.62. The maximum atomic E-state index is 11.1. The van der Waals surface area contributed by atoms with Crippen LogP contribution in [0, 0.1) is 5.92 Å². The molecule has 2 aromatic rings. The molecule has 1 aliphatic rings. The van der Waals surface area contributed by atoms with Gasteiger partial charge in [0.1, 0.15) is 0 Å². The summed E-state index contributed by atoms with van der Waals surface area (Å²) >= 11 is 0. The summed E-state index contributed by atoms with van der Waals surface area (Å²) < 4.78 is 31.4. The van der Waals surface area contributed by atoms with Crippen LogP contribution in [-0.2, 0) is 23.2 Å². The van der Waals surface area contributed by atoms with Crippen LogP contribution in [0.15, 0.2) is 60.7 Å². The molecule has 0 aliphatic heterocycles. The molecule has 0 radical (unpaired) electrons. The Balaban J connectivity index is 1.67. The maximum absolute atomic E-state index is 11.1. The van der Waals surface area contributed by atoms with E-state index in [-0.39, 0.29) is 11.7 Å². The SMILES string of the molecule is O=S(=O)(O)C[C@H]1CC[C@H](N(Cc2ccccc2)Cc2ccccc2)CC1. The predicted octanol–water partition coefficient (Wildman–Crippen LogP) is 4.14. The highest BCUT2D eigenvalue weighted by Gasteiger charge is 2.28. The summed E-state index contributed by atoms with van der Waals surface area (Å²) in [6.07, 6.45) is 3.65. The summed E-state index contributed by atoms with van der Waals surface area (Å²) in [5.74, 6) is -0.0200. The van der Waals surface area contributed by atoms with Gasteiger partial charge in [0.25, 0.3) is 10.1 Å². The number of benzene rings is 2. The third kappa shape index (κ3) is 5.94. The highest BCUT2D eigenvalue weighted by Crippen LogP contribution is 2.30. The van der Waals surface area contributed by atoms with Gasteiger partial charge in [0.05, 0.1) is 5.75 Å². The van der Waals surface area contributed by atoms with Gasteiger partial charge in [-0.05, 0) is 42.7 Å². The molecular formula is C21H27NO3S. The zero-order valence-corrected chi connectivity index (χ0v) is 15.8. The molecule has 1 aliphatic carbocycles. The van der Waals surface area contributed by atoms with Crippen LogP contribution in [0.2, 0.25) is 0 Å². The Bertz CT molecular complexity index is 728. The fourth-order valence-electron chi connectivity index (χ4n) is 3.92. The molecule has 5 heteroatoms. The molecule has 0 amide bonds. The van der Waals surface area contributed by atoms with Crippen molar-refractivity contribution in [2.24, 2.45) is 5.92 Å². The van der Waals surface area contributed by atoms with Crippen LogP contribution >= 0.6 is 0 Å². The zero-order valence-electron chi connectivity index (χ0n) is 15.0. The Labute approximate surface area is 156 Å². The van der Waals surface area contributed by atoms with Crippen molar-refractivity contribution < 1.29 is 13.0 Å². The van der Waals surface area contributed by atoms with Gasteiger partial charge >= 0.3 is 0 Å². The smallest absolute Gasteiger partial charge is 0.265 e. The van der Waals surface area contributed by atoms with Crippen molar-refractivity contribution in [1.82, 2.24) is 4.90 Å². The van der Waals surface area contributed by atoms with Crippen LogP contribution < -0.4 is 0 Å². The summed E-state index contributed by atoms with van der Waals surface area (Å²) in [6.45, 7) is 1.78. The van der Waals surface area contributed by atoms with Crippen LogP contribution in [-0.4, -0.2) is 29.7 Å². The monoisotopic (exact) mass is 373 g/mol. The van der Waals surface area contributed by atoms with E-state index in [0.29, 0.717) is 6.04 Å². The van der Waals surface area contributed by atoms with Gasteiger partial charge in [-0.1, -0.05) is 60.7 Å². The van der Waals surface area contributed by atoms with Crippen molar-refractivity contribution >= 4 is 10.1 Å². The van der Waals surface area contributed by atoms with Gasteiger partial charge in [0.2, 0.25) is 0 Å². The largest absolute Gasteiger partial charge is 0.292 e. The Morgan fingerprint density at radius 2 is 1.27 bits per heavy atom. The van der Waals surface area contributed by atoms with Crippen molar-refractivity contribution in [1.29, 1.82) is 0 Å². The molecule has 2 aromatic carbocycles. The molecule has 0 spiro atoms. The third-order valence-corrected chi connectivity index (χ3v) is 6.13. The molecule has 140 valence electrons. The summed E-state index contributed by atoms with van der Waals surface area (Å²) in [5, 5.41) is 0. The summed E-state index contributed by atoms with van der Waals surface area (Å²) in [4.78, 5) is 2.51. The Kier molecular flexibility index (Phi) is 6.46. The minimum Gasteiger partial charge on any atom is -0.292 e. The van der Waals surface area contributed by atoms with Gasteiger partial charge in [-0.25, -0.2) is 0 Å². The predicted molar refractivity (Wildman–Crippen MR) is 104 cm³/mol. The maximum Gasteiger partial charge on any atom is 0.265 e. The molecule has 0 saturated heterocycles. The molecule has 0 aromatic heterocycles. The first-order chi connectivity index (χ1) is 12.5. The van der Waals surface area contributed by atoms with Crippen LogP contribution in [0.25, 0.3) is 0 Å². The van der Waals surface area contributed by atoms with Crippen LogP contribution in [0.4, 0.5) is 0 Å². The fraction of sp³-hybridized carbons (Fsp3) is 0.429. The van der Waals surface area contributed by atoms with Crippen LogP contribution in [0.3, 0.4) is 0 Å². The molecule has 1 N–H and O–H groups in total. The first kappa shape index (κ1) is 19.1. The fourth-order valence-corrected chi connectivity index (χ4v) is 4.85. The van der Waals surface area contributed by atoms with Gasteiger partial charge < -0.3 is 0 Å². The van der Waals surface area contributed by atoms with E-state index in [4.69, 9.17) is 4.55 Å². The molecule has 3 rings (SSSR count). The molecule has 0 atom stereocenters. The molecule has 4 nitrogen and oxygen atoms in total. The minimum absolute atomic E-state index is 0.0801. The molecule has 0 heterocycles. The number of nitrogens with zero attached hydrogens (tertiary/aromatic N) is 1. The molecule has 0 unspecified atom stereocenters. The average molecular weight is 374 g/mol. The van der Waals surface area contributed by atoms with E-state index >= 15 is 0 Å². The van der Waals surface area contributed by atoms with Gasteiger partial charge in [-0.2, -0.15) is 8.42 Å². The standard InChI is InChI=1S/C21H27NO3S/c23-26(24,25)17-20-11-13-21(14-12-20)22(15-18-7-3-1-4-8-18)16-19-9-5-2-6-10-19/h1-10,20-21H,11-17H2,(H,23,24,25)/t20-,21-. The van der Waals surface area contributed by atoms with Crippen molar-refractivity contribution in [3.05, 3.63) is 71.8 Å². The van der Waals surface area contributed by atoms with E-state index in [2.05, 4.69) is 53.4 Å². The van der Waals surface area contributed by atoms with E-state index in [1.165, 1.54) is 11.1 Å². The lowest BCUT2D eigenvalue weighted by Gasteiger charge is -2.37. The van der Waals surface area contributed by atoms with Crippen molar-refractivity contribution in [3.63, 3.8) is 0 Å². The van der Waals surface area contributed by atoms with Crippen molar-refractivity contribution in [2.75, 3.05) is 5.75 Å². The van der Waals surface area contributed by atoms with Crippen LogP contribution in [0.5, 0.6) is 0 Å². The van der Waals surface area contributed by atoms with E-state index in [9.17, 15) is 8.42 Å². The lowest BCUT2D eigenvalue weighted by Crippen LogP contribution is -2.38. The number of hydrogen-bond acceptors (Lipinski definition) is 3. The highest BCUT2D eigenvalue weighted by molar-refractivity contribution is 7.85. The highest BCUT2D eigenvalue weighted by atomic mass is 32.2. The quantitative estimate of drug-likeness (QED) is 0.741. The zero-order chi connectivity index (χ0) is 18.4. The lowest BCUT2D eigenvalue weighted by atomic mass is 9.86. The normalized spacial score (nSPS) is 21.0. The van der Waals surface area contributed by atoms with E-state index in [1.807, 2.05) is 12.1 Å². The number of rotatable bonds is 7. The summed E-state index contributed by atoms with van der Waals surface area (Å²) in [7, 11) is -3.87. The van der Waals surface area contributed by atoms with E-state index in [0.717, 1.165) is 38.8 Å². The molecule has 1 fully saturated rings. The Morgan fingerprint density at radius 1 is 0.808 bits per heavy atom. The van der Waals surface area contributed by atoms with Crippen molar-refractivity contribution in [2.45, 2.75) is 44.8 Å². The first-order valence-corrected chi connectivity index (χ1v) is 10.9. The third-order valence-electron chi connectivity index (χ3n) is 5.24. The van der Waals surface area contributed by atoms with Crippen molar-refractivity contribution in [3.8, 4) is 0 Å². The molecule has 26 heavy (non-hydrogen) atoms. The second kappa shape index (κ2) is 8.80. The molecule has 1 saturated carbocycles. The van der Waals surface area contributed by atoms with Gasteiger partial charge in [-0.3, -0.25) is 9.45 Å². The van der Waals surface area contributed by atoms with Gasteiger partial charge in [-0.15, -0.1) is 0 Å². The van der Waals surface area contributed by atoms with E-state index < -0.39 is 10.1 Å². The summed E-state index contributed by atoms with van der Waals surface area (Å²) in [6, 6.07) is 21.4. The lowest BCUT2D eigenvalue weighted by molar-refractivity contribution is 0.125. The second-order valence-corrected chi connectivity index (χ2v) is 8.80. The summed E-state index contributed by atoms with van der Waals surface area (Å²) in [5.41, 5.74) is 2.59. The minimum atomic E-state index is -3.87.